The Hall–Kier alpha value is -1.84. The highest BCUT2D eigenvalue weighted by molar-refractivity contribution is 7.91. The summed E-state index contributed by atoms with van der Waals surface area (Å²) in [5.41, 5.74) is 0.463. The second-order valence-electron chi connectivity index (χ2n) is 4.80. The van der Waals surface area contributed by atoms with Crippen molar-refractivity contribution in [3.05, 3.63) is 35.9 Å². The highest BCUT2D eigenvalue weighted by Gasteiger charge is 2.20. The summed E-state index contributed by atoms with van der Waals surface area (Å²) < 4.78 is 26.4. The highest BCUT2D eigenvalue weighted by atomic mass is 32.2. The van der Waals surface area contributed by atoms with Crippen molar-refractivity contribution in [3.8, 4) is 0 Å². The third kappa shape index (κ3) is 5.08. The number of aromatic nitrogens is 2. The molecule has 0 fully saturated rings. The molecule has 0 spiro atoms. The Bertz CT molecular complexity index is 744. The van der Waals surface area contributed by atoms with Crippen molar-refractivity contribution < 1.29 is 13.2 Å². The van der Waals surface area contributed by atoms with Crippen molar-refractivity contribution in [2.75, 3.05) is 11.9 Å². The van der Waals surface area contributed by atoms with Crippen LogP contribution in [0.1, 0.15) is 36.5 Å². The maximum absolute atomic E-state index is 12.0. The van der Waals surface area contributed by atoms with Crippen molar-refractivity contribution in [3.63, 3.8) is 0 Å². The highest BCUT2D eigenvalue weighted by Crippen LogP contribution is 2.20. The van der Waals surface area contributed by atoms with E-state index in [-0.39, 0.29) is 15.4 Å². The van der Waals surface area contributed by atoms with Gasteiger partial charge in [0.25, 0.3) is 15.9 Å². The number of amides is 1. The number of rotatable bonds is 8. The van der Waals surface area contributed by atoms with Gasteiger partial charge in [0.05, 0.1) is 0 Å². The van der Waals surface area contributed by atoms with Crippen molar-refractivity contribution in [1.82, 2.24) is 14.9 Å². The van der Waals surface area contributed by atoms with Gasteiger partial charge in [0, 0.05) is 12.1 Å². The van der Waals surface area contributed by atoms with Crippen LogP contribution in [0.4, 0.5) is 5.13 Å². The molecule has 2 N–H and O–H groups in total. The van der Waals surface area contributed by atoms with Crippen LogP contribution in [0, 0.1) is 0 Å². The average molecular weight is 354 g/mol. The first-order valence-electron chi connectivity index (χ1n) is 7.22. The summed E-state index contributed by atoms with van der Waals surface area (Å²) in [5, 5.41) is 10.0. The van der Waals surface area contributed by atoms with Gasteiger partial charge in [-0.15, -0.1) is 10.2 Å². The van der Waals surface area contributed by atoms with Crippen LogP contribution in [0.2, 0.25) is 0 Å². The Morgan fingerprint density at radius 1 is 1.17 bits per heavy atom. The minimum Gasteiger partial charge on any atom is -0.296 e. The van der Waals surface area contributed by atoms with Gasteiger partial charge in [-0.25, -0.2) is 13.1 Å². The fraction of sp³-hybridized carbons (Fsp3) is 0.357. The number of sulfonamides is 1. The molecule has 0 radical (unpaired) electrons. The van der Waals surface area contributed by atoms with Gasteiger partial charge in [-0.05, 0) is 18.6 Å². The van der Waals surface area contributed by atoms with Gasteiger partial charge in [-0.2, -0.15) is 0 Å². The van der Waals surface area contributed by atoms with Crippen LogP contribution in [0.15, 0.2) is 34.7 Å². The fourth-order valence-corrected chi connectivity index (χ4v) is 3.78. The molecular weight excluding hydrogens is 336 g/mol. The zero-order chi connectivity index (χ0) is 16.7. The lowest BCUT2D eigenvalue weighted by Gasteiger charge is -2.02. The van der Waals surface area contributed by atoms with Crippen molar-refractivity contribution in [1.29, 1.82) is 0 Å². The summed E-state index contributed by atoms with van der Waals surface area (Å²) in [7, 11) is -3.68. The summed E-state index contributed by atoms with van der Waals surface area (Å²) in [5.74, 6) is -0.360. The smallest absolute Gasteiger partial charge is 0.269 e. The van der Waals surface area contributed by atoms with Crippen LogP contribution in [0.25, 0.3) is 0 Å². The summed E-state index contributed by atoms with van der Waals surface area (Å²) in [4.78, 5) is 12.0. The molecule has 1 heterocycles. The van der Waals surface area contributed by atoms with Gasteiger partial charge in [-0.1, -0.05) is 49.3 Å². The molecule has 0 unspecified atom stereocenters. The Labute approximate surface area is 139 Å². The first kappa shape index (κ1) is 17.5. The predicted octanol–water partition coefficient (Wildman–Crippen LogP) is 2.26. The molecule has 0 saturated heterocycles. The number of nitrogens with zero attached hydrogens (tertiary/aromatic N) is 2. The zero-order valence-electron chi connectivity index (χ0n) is 12.7. The van der Waals surface area contributed by atoms with Gasteiger partial charge in [-0.3, -0.25) is 10.1 Å². The number of hydrogen-bond donors (Lipinski definition) is 2. The number of benzene rings is 1. The van der Waals surface area contributed by atoms with Crippen LogP contribution < -0.4 is 10.0 Å². The molecule has 1 aromatic heterocycles. The van der Waals surface area contributed by atoms with Gasteiger partial charge < -0.3 is 0 Å². The molecule has 0 aliphatic carbocycles. The van der Waals surface area contributed by atoms with E-state index in [0.29, 0.717) is 12.1 Å². The lowest BCUT2D eigenvalue weighted by atomic mass is 10.2. The second kappa shape index (κ2) is 8.14. The molecule has 0 saturated carbocycles. The van der Waals surface area contributed by atoms with Gasteiger partial charge in [0.15, 0.2) is 0 Å². The van der Waals surface area contributed by atoms with E-state index < -0.39 is 10.0 Å². The van der Waals surface area contributed by atoms with Crippen LogP contribution >= 0.6 is 11.3 Å². The molecule has 2 aromatic rings. The molecular formula is C14H18N4O3S2. The normalized spacial score (nSPS) is 11.3. The van der Waals surface area contributed by atoms with Gasteiger partial charge >= 0.3 is 0 Å². The molecule has 0 atom stereocenters. The molecule has 2 rings (SSSR count). The maximum atomic E-state index is 12.0. The SMILES string of the molecule is CCCCCNS(=O)(=O)c1nnc(NC(=O)c2ccccc2)s1. The second-order valence-corrected chi connectivity index (χ2v) is 7.72. The number of anilines is 1. The lowest BCUT2D eigenvalue weighted by Crippen LogP contribution is -2.24. The summed E-state index contributed by atoms with van der Waals surface area (Å²) in [6, 6.07) is 8.60. The summed E-state index contributed by atoms with van der Waals surface area (Å²) in [6.45, 7) is 2.41. The quantitative estimate of drug-likeness (QED) is 0.559. The molecule has 1 amide bonds. The van der Waals surface area contributed by atoms with E-state index in [9.17, 15) is 13.2 Å². The minimum absolute atomic E-state index is 0.146. The Balaban J connectivity index is 1.98. The minimum atomic E-state index is -3.68. The Kier molecular flexibility index (Phi) is 6.20. The number of hydrogen-bond acceptors (Lipinski definition) is 6. The van der Waals surface area contributed by atoms with Gasteiger partial charge in [0.2, 0.25) is 9.47 Å². The van der Waals surface area contributed by atoms with E-state index in [4.69, 9.17) is 0 Å². The average Bonchev–Trinajstić information content (AvgIpc) is 3.02. The van der Waals surface area contributed by atoms with Crippen LogP contribution in [-0.2, 0) is 10.0 Å². The third-order valence-corrected chi connectivity index (χ3v) is 5.63. The molecule has 1 aromatic carbocycles. The zero-order valence-corrected chi connectivity index (χ0v) is 14.3. The van der Waals surface area contributed by atoms with Crippen molar-refractivity contribution in [2.24, 2.45) is 0 Å². The molecule has 0 bridgehead atoms. The maximum Gasteiger partial charge on any atom is 0.269 e. The predicted molar refractivity (Wildman–Crippen MR) is 89.0 cm³/mol. The molecule has 23 heavy (non-hydrogen) atoms. The topological polar surface area (TPSA) is 101 Å². The van der Waals surface area contributed by atoms with E-state index in [0.717, 1.165) is 30.6 Å². The van der Waals surface area contributed by atoms with E-state index in [1.165, 1.54) is 0 Å². The molecule has 124 valence electrons. The number of carbonyl (C=O) groups excluding carboxylic acids is 1. The van der Waals surface area contributed by atoms with Crippen LogP contribution in [0.5, 0.6) is 0 Å². The van der Waals surface area contributed by atoms with E-state index in [1.807, 2.05) is 6.92 Å². The first-order valence-corrected chi connectivity index (χ1v) is 9.52. The third-order valence-electron chi connectivity index (χ3n) is 2.97. The van der Waals surface area contributed by atoms with Crippen LogP contribution in [0.3, 0.4) is 0 Å². The van der Waals surface area contributed by atoms with Crippen molar-refractivity contribution in [2.45, 2.75) is 30.5 Å². The van der Waals surface area contributed by atoms with E-state index in [2.05, 4.69) is 20.2 Å². The van der Waals surface area contributed by atoms with Crippen molar-refractivity contribution >= 4 is 32.4 Å². The number of unbranched alkanes of at least 4 members (excludes halogenated alkanes) is 2. The molecule has 7 nitrogen and oxygen atoms in total. The number of carbonyl (C=O) groups is 1. The molecule has 0 aliphatic heterocycles. The Morgan fingerprint density at radius 3 is 2.61 bits per heavy atom. The summed E-state index contributed by atoms with van der Waals surface area (Å²) in [6.07, 6.45) is 2.74. The van der Waals surface area contributed by atoms with Crippen LogP contribution in [-0.4, -0.2) is 31.1 Å². The monoisotopic (exact) mass is 354 g/mol. The Morgan fingerprint density at radius 2 is 1.91 bits per heavy atom. The summed E-state index contributed by atoms with van der Waals surface area (Å²) >= 11 is 0.822. The lowest BCUT2D eigenvalue weighted by molar-refractivity contribution is 0.102. The number of nitrogens with one attached hydrogen (secondary N) is 2. The van der Waals surface area contributed by atoms with Gasteiger partial charge in [0.1, 0.15) is 0 Å². The largest absolute Gasteiger partial charge is 0.296 e. The van der Waals surface area contributed by atoms with E-state index >= 15 is 0 Å². The standard InChI is InChI=1S/C14H18N4O3S2/c1-2-3-7-10-15-23(20,21)14-18-17-13(22-14)16-12(19)11-8-5-4-6-9-11/h4-6,8-9,15H,2-3,7,10H2,1H3,(H,16,17,19). The first-order chi connectivity index (χ1) is 11.0. The van der Waals surface area contributed by atoms with E-state index in [1.54, 1.807) is 30.3 Å². The molecule has 0 aliphatic rings. The fourth-order valence-electron chi connectivity index (χ4n) is 1.77. The molecule has 9 heteroatoms.